The van der Waals surface area contributed by atoms with E-state index in [1.54, 1.807) is 4.90 Å². The second-order valence-corrected chi connectivity index (χ2v) is 6.38. The highest BCUT2D eigenvalue weighted by Crippen LogP contribution is 2.16. The summed E-state index contributed by atoms with van der Waals surface area (Å²) >= 11 is 0. The maximum absolute atomic E-state index is 13.7. The van der Waals surface area contributed by atoms with Crippen LogP contribution >= 0.6 is 0 Å². The van der Waals surface area contributed by atoms with Crippen LogP contribution in [0.2, 0.25) is 0 Å². The van der Waals surface area contributed by atoms with E-state index in [0.29, 0.717) is 31.7 Å². The number of amides is 3. The molecule has 1 N–H and O–H groups in total. The van der Waals surface area contributed by atoms with Crippen LogP contribution in [0.15, 0.2) is 42.5 Å². The van der Waals surface area contributed by atoms with Crippen molar-refractivity contribution in [1.82, 2.24) is 9.80 Å². The van der Waals surface area contributed by atoms with Crippen molar-refractivity contribution in [3.05, 3.63) is 65.2 Å². The number of rotatable bonds is 3. The van der Waals surface area contributed by atoms with E-state index < -0.39 is 17.7 Å². The summed E-state index contributed by atoms with van der Waals surface area (Å²) < 4.78 is 26.6. The number of aryl methyl sites for hydroxylation is 1. The number of anilines is 1. The summed E-state index contributed by atoms with van der Waals surface area (Å²) in [7, 11) is 0. The van der Waals surface area contributed by atoms with Gasteiger partial charge in [0.1, 0.15) is 11.6 Å². The second-order valence-electron chi connectivity index (χ2n) is 6.38. The number of carbonyl (C=O) groups is 2. The summed E-state index contributed by atoms with van der Waals surface area (Å²) in [6.07, 6.45) is 0.914. The molecule has 142 valence electrons. The van der Waals surface area contributed by atoms with Crippen LogP contribution in [0, 0.1) is 11.6 Å². The van der Waals surface area contributed by atoms with Gasteiger partial charge in [0.25, 0.3) is 5.91 Å². The zero-order valence-corrected chi connectivity index (χ0v) is 15.0. The van der Waals surface area contributed by atoms with Crippen LogP contribution in [0.4, 0.5) is 19.3 Å². The number of carbonyl (C=O) groups excluding carboxylic acids is 2. The summed E-state index contributed by atoms with van der Waals surface area (Å²) in [6.45, 7) is 3.53. The number of benzene rings is 2. The molecule has 0 spiro atoms. The Morgan fingerprint density at radius 1 is 0.963 bits per heavy atom. The average molecular weight is 373 g/mol. The quantitative estimate of drug-likeness (QED) is 0.895. The van der Waals surface area contributed by atoms with Gasteiger partial charge in [-0.1, -0.05) is 19.1 Å². The number of urea groups is 1. The lowest BCUT2D eigenvalue weighted by Crippen LogP contribution is -2.51. The Morgan fingerprint density at radius 2 is 1.59 bits per heavy atom. The zero-order valence-electron chi connectivity index (χ0n) is 15.0. The number of nitrogens with zero attached hydrogens (tertiary/aromatic N) is 2. The lowest BCUT2D eigenvalue weighted by Gasteiger charge is -2.34. The predicted molar refractivity (Wildman–Crippen MR) is 98.7 cm³/mol. The van der Waals surface area contributed by atoms with Gasteiger partial charge in [0, 0.05) is 37.8 Å². The second kappa shape index (κ2) is 8.16. The van der Waals surface area contributed by atoms with Gasteiger partial charge < -0.3 is 15.1 Å². The van der Waals surface area contributed by atoms with Crippen LogP contribution in [0.3, 0.4) is 0 Å². The third kappa shape index (κ3) is 4.42. The topological polar surface area (TPSA) is 52.7 Å². The molecule has 0 atom stereocenters. The molecule has 1 aliphatic heterocycles. The third-order valence-electron chi connectivity index (χ3n) is 4.64. The van der Waals surface area contributed by atoms with Crippen molar-refractivity contribution in [3.63, 3.8) is 0 Å². The molecule has 0 radical (unpaired) electrons. The average Bonchev–Trinajstić information content (AvgIpc) is 2.69. The van der Waals surface area contributed by atoms with Crippen molar-refractivity contribution in [2.45, 2.75) is 13.3 Å². The first kappa shape index (κ1) is 18.8. The first-order valence-electron chi connectivity index (χ1n) is 8.87. The SMILES string of the molecule is CCc1ccc(C(=O)N2CCN(C(=O)Nc3ccc(F)cc3F)CC2)cc1. The van der Waals surface area contributed by atoms with Crippen LogP contribution < -0.4 is 5.32 Å². The normalized spacial score (nSPS) is 14.2. The Bertz CT molecular complexity index is 832. The van der Waals surface area contributed by atoms with Crippen LogP contribution in [0.1, 0.15) is 22.8 Å². The van der Waals surface area contributed by atoms with Gasteiger partial charge in [0.15, 0.2) is 0 Å². The standard InChI is InChI=1S/C20H21F2N3O2/c1-2-14-3-5-15(6-4-14)19(26)24-9-11-25(12-10-24)20(27)23-18-8-7-16(21)13-17(18)22/h3-8,13H,2,9-12H2,1H3,(H,23,27). The Morgan fingerprint density at radius 3 is 2.19 bits per heavy atom. The molecule has 2 aromatic rings. The van der Waals surface area contributed by atoms with Gasteiger partial charge in [-0.05, 0) is 36.2 Å². The number of halogens is 2. The molecule has 0 aromatic heterocycles. The van der Waals surface area contributed by atoms with Crippen molar-refractivity contribution < 1.29 is 18.4 Å². The summed E-state index contributed by atoms with van der Waals surface area (Å²) in [5.41, 5.74) is 1.72. The summed E-state index contributed by atoms with van der Waals surface area (Å²) in [5, 5.41) is 2.44. The van der Waals surface area contributed by atoms with Gasteiger partial charge in [-0.3, -0.25) is 4.79 Å². The fourth-order valence-corrected chi connectivity index (χ4v) is 2.96. The molecule has 7 heteroatoms. The highest BCUT2D eigenvalue weighted by Gasteiger charge is 2.25. The molecule has 0 saturated carbocycles. The molecule has 1 heterocycles. The van der Waals surface area contributed by atoms with E-state index in [1.807, 2.05) is 24.3 Å². The number of hydrogen-bond acceptors (Lipinski definition) is 2. The minimum atomic E-state index is -0.826. The van der Waals surface area contributed by atoms with Crippen molar-refractivity contribution in [3.8, 4) is 0 Å². The third-order valence-corrected chi connectivity index (χ3v) is 4.64. The van der Waals surface area contributed by atoms with Gasteiger partial charge in [0.05, 0.1) is 5.69 Å². The molecule has 1 fully saturated rings. The highest BCUT2D eigenvalue weighted by atomic mass is 19.1. The fraction of sp³-hybridized carbons (Fsp3) is 0.300. The molecule has 27 heavy (non-hydrogen) atoms. The molecule has 1 saturated heterocycles. The lowest BCUT2D eigenvalue weighted by molar-refractivity contribution is 0.0671. The summed E-state index contributed by atoms with van der Waals surface area (Å²) in [6, 6.07) is 10.0. The van der Waals surface area contributed by atoms with Crippen molar-refractivity contribution in [1.29, 1.82) is 0 Å². The molecule has 3 amide bonds. The molecule has 3 rings (SSSR count). The Kier molecular flexibility index (Phi) is 5.69. The maximum Gasteiger partial charge on any atom is 0.322 e. The van der Waals surface area contributed by atoms with Crippen molar-refractivity contribution in [2.75, 3.05) is 31.5 Å². The van der Waals surface area contributed by atoms with E-state index in [-0.39, 0.29) is 11.6 Å². The Hall–Kier alpha value is -2.96. The van der Waals surface area contributed by atoms with Gasteiger partial charge in [-0.2, -0.15) is 0 Å². The molecule has 0 aliphatic carbocycles. The zero-order chi connectivity index (χ0) is 19.4. The van der Waals surface area contributed by atoms with Crippen LogP contribution in [0.5, 0.6) is 0 Å². The number of piperazine rings is 1. The minimum Gasteiger partial charge on any atom is -0.335 e. The van der Waals surface area contributed by atoms with E-state index in [9.17, 15) is 18.4 Å². The van der Waals surface area contributed by atoms with Crippen LogP contribution in [-0.2, 0) is 6.42 Å². The van der Waals surface area contributed by atoms with Gasteiger partial charge in [0.2, 0.25) is 0 Å². The fourth-order valence-electron chi connectivity index (χ4n) is 2.96. The van der Waals surface area contributed by atoms with Gasteiger partial charge in [-0.25, -0.2) is 13.6 Å². The smallest absolute Gasteiger partial charge is 0.322 e. The molecule has 0 unspecified atom stereocenters. The molecule has 2 aromatic carbocycles. The molecule has 5 nitrogen and oxygen atoms in total. The van der Waals surface area contributed by atoms with E-state index >= 15 is 0 Å². The monoisotopic (exact) mass is 373 g/mol. The summed E-state index contributed by atoms with van der Waals surface area (Å²) in [4.78, 5) is 28.0. The molecular weight excluding hydrogens is 352 g/mol. The summed E-state index contributed by atoms with van der Waals surface area (Å²) in [5.74, 6) is -1.60. The van der Waals surface area contributed by atoms with E-state index in [0.717, 1.165) is 18.6 Å². The number of nitrogens with one attached hydrogen (secondary N) is 1. The molecule has 0 bridgehead atoms. The van der Waals surface area contributed by atoms with Crippen LogP contribution in [-0.4, -0.2) is 47.9 Å². The predicted octanol–water partition coefficient (Wildman–Crippen LogP) is 3.52. The molecule has 1 aliphatic rings. The Balaban J connectivity index is 1.56. The van der Waals surface area contributed by atoms with Crippen molar-refractivity contribution in [2.24, 2.45) is 0 Å². The van der Waals surface area contributed by atoms with E-state index in [2.05, 4.69) is 12.2 Å². The highest BCUT2D eigenvalue weighted by molar-refractivity contribution is 5.94. The first-order chi connectivity index (χ1) is 13.0. The lowest BCUT2D eigenvalue weighted by atomic mass is 10.1. The van der Waals surface area contributed by atoms with Gasteiger partial charge in [-0.15, -0.1) is 0 Å². The van der Waals surface area contributed by atoms with Crippen molar-refractivity contribution >= 4 is 17.6 Å². The van der Waals surface area contributed by atoms with Gasteiger partial charge >= 0.3 is 6.03 Å². The largest absolute Gasteiger partial charge is 0.335 e. The first-order valence-corrected chi connectivity index (χ1v) is 8.87. The van der Waals surface area contributed by atoms with E-state index in [1.165, 1.54) is 16.5 Å². The molecular formula is C20H21F2N3O2. The number of hydrogen-bond donors (Lipinski definition) is 1. The minimum absolute atomic E-state index is 0.0673. The van der Waals surface area contributed by atoms with Crippen LogP contribution in [0.25, 0.3) is 0 Å². The maximum atomic E-state index is 13.7. The Labute approximate surface area is 156 Å². The van der Waals surface area contributed by atoms with E-state index in [4.69, 9.17) is 0 Å².